The van der Waals surface area contributed by atoms with Crippen LogP contribution in [0, 0.1) is 6.92 Å². The van der Waals surface area contributed by atoms with Gasteiger partial charge in [0.1, 0.15) is 6.54 Å². The summed E-state index contributed by atoms with van der Waals surface area (Å²) in [6, 6.07) is 0. The van der Waals surface area contributed by atoms with Gasteiger partial charge in [0.2, 0.25) is 5.95 Å². The molecule has 0 saturated carbocycles. The average Bonchev–Trinajstić information content (AvgIpc) is 2.51. The Hall–Kier alpha value is -1.24. The summed E-state index contributed by atoms with van der Waals surface area (Å²) < 4.78 is 42.8. The van der Waals surface area contributed by atoms with Crippen LogP contribution in [0.25, 0.3) is 0 Å². The van der Waals surface area contributed by atoms with Gasteiger partial charge in [-0.2, -0.15) is 13.2 Å². The van der Waals surface area contributed by atoms with E-state index in [-0.39, 0.29) is 5.95 Å². The maximum atomic E-state index is 12.3. The molecule has 4 nitrogen and oxygen atoms in total. The Bertz CT molecular complexity index is 349. The van der Waals surface area contributed by atoms with Crippen molar-refractivity contribution in [3.05, 3.63) is 11.9 Å². The quantitative estimate of drug-likeness (QED) is 0.788. The topological polar surface area (TPSA) is 39.1 Å². The molecule has 1 aromatic heterocycles. The molecule has 0 bridgehead atoms. The van der Waals surface area contributed by atoms with Crippen molar-refractivity contribution < 1.29 is 17.9 Å². The number of hydrogen-bond acceptors (Lipinski definition) is 3. The maximum absolute atomic E-state index is 12.3. The Morgan fingerprint density at radius 1 is 1.47 bits per heavy atom. The van der Waals surface area contributed by atoms with Crippen molar-refractivity contribution in [2.45, 2.75) is 26.1 Å². The zero-order chi connectivity index (χ0) is 12.9. The van der Waals surface area contributed by atoms with Crippen molar-refractivity contribution in [3.8, 4) is 0 Å². The summed E-state index contributed by atoms with van der Waals surface area (Å²) in [5, 5.41) is 2.86. The average molecular weight is 251 g/mol. The monoisotopic (exact) mass is 251 g/mol. The second-order valence-electron chi connectivity index (χ2n) is 3.72. The highest BCUT2D eigenvalue weighted by atomic mass is 19.4. The predicted octanol–water partition coefficient (Wildman–Crippen LogP) is 2.20. The first-order chi connectivity index (χ1) is 7.92. The molecule has 0 spiro atoms. The van der Waals surface area contributed by atoms with E-state index in [1.807, 2.05) is 0 Å². The smallest absolute Gasteiger partial charge is 0.385 e. The van der Waals surface area contributed by atoms with Gasteiger partial charge in [-0.3, -0.25) is 0 Å². The molecular weight excluding hydrogens is 235 g/mol. The van der Waals surface area contributed by atoms with Crippen LogP contribution in [-0.4, -0.2) is 36.0 Å². The van der Waals surface area contributed by atoms with E-state index in [1.54, 1.807) is 14.0 Å². The lowest BCUT2D eigenvalue weighted by molar-refractivity contribution is -0.140. The van der Waals surface area contributed by atoms with Gasteiger partial charge in [-0.1, -0.05) is 0 Å². The van der Waals surface area contributed by atoms with Crippen molar-refractivity contribution in [1.29, 1.82) is 0 Å². The van der Waals surface area contributed by atoms with Crippen LogP contribution in [0.3, 0.4) is 0 Å². The molecule has 7 heteroatoms. The van der Waals surface area contributed by atoms with Gasteiger partial charge in [0.15, 0.2) is 0 Å². The van der Waals surface area contributed by atoms with Gasteiger partial charge in [0.05, 0.1) is 5.69 Å². The fraction of sp³-hybridized carbons (Fsp3) is 0.700. The molecule has 17 heavy (non-hydrogen) atoms. The van der Waals surface area contributed by atoms with E-state index in [0.29, 0.717) is 25.3 Å². The molecule has 0 radical (unpaired) electrons. The van der Waals surface area contributed by atoms with E-state index in [9.17, 15) is 13.2 Å². The molecule has 0 aliphatic heterocycles. The van der Waals surface area contributed by atoms with Crippen molar-refractivity contribution in [1.82, 2.24) is 9.55 Å². The van der Waals surface area contributed by atoms with Crippen LogP contribution >= 0.6 is 0 Å². The predicted molar refractivity (Wildman–Crippen MR) is 58.0 cm³/mol. The van der Waals surface area contributed by atoms with Crippen LogP contribution in [0.4, 0.5) is 19.1 Å². The van der Waals surface area contributed by atoms with Gasteiger partial charge < -0.3 is 14.6 Å². The second kappa shape index (κ2) is 5.90. The minimum atomic E-state index is -4.24. The van der Waals surface area contributed by atoms with Crippen LogP contribution in [-0.2, 0) is 11.3 Å². The lowest BCUT2D eigenvalue weighted by atomic mass is 10.4. The maximum Gasteiger partial charge on any atom is 0.406 e. The highest BCUT2D eigenvalue weighted by Crippen LogP contribution is 2.20. The molecule has 0 saturated heterocycles. The number of anilines is 1. The van der Waals surface area contributed by atoms with E-state index in [4.69, 9.17) is 4.74 Å². The first kappa shape index (κ1) is 13.8. The molecule has 0 aliphatic rings. The van der Waals surface area contributed by atoms with E-state index >= 15 is 0 Å². The number of aromatic nitrogens is 2. The van der Waals surface area contributed by atoms with Crippen LogP contribution in [0.15, 0.2) is 6.20 Å². The summed E-state index contributed by atoms with van der Waals surface area (Å²) in [6.07, 6.45) is -2.14. The molecule has 1 heterocycles. The lowest BCUT2D eigenvalue weighted by Gasteiger charge is -2.11. The second-order valence-corrected chi connectivity index (χ2v) is 3.72. The van der Waals surface area contributed by atoms with E-state index in [2.05, 4.69) is 10.3 Å². The Morgan fingerprint density at radius 3 is 2.76 bits per heavy atom. The fourth-order valence-corrected chi connectivity index (χ4v) is 1.42. The number of rotatable bonds is 6. The molecule has 0 amide bonds. The SMILES string of the molecule is COCCCNc1nc(C)cn1CC(F)(F)F. The van der Waals surface area contributed by atoms with Gasteiger partial charge in [-0.15, -0.1) is 0 Å². The normalized spacial score (nSPS) is 11.8. The van der Waals surface area contributed by atoms with Gasteiger partial charge in [-0.25, -0.2) is 4.98 Å². The first-order valence-electron chi connectivity index (χ1n) is 5.25. The third kappa shape index (κ3) is 5.08. The number of nitrogens with zero attached hydrogens (tertiary/aromatic N) is 2. The fourth-order valence-electron chi connectivity index (χ4n) is 1.42. The molecule has 98 valence electrons. The molecule has 0 fully saturated rings. The summed E-state index contributed by atoms with van der Waals surface area (Å²) in [6.45, 7) is 1.72. The summed E-state index contributed by atoms with van der Waals surface area (Å²) in [4.78, 5) is 4.00. The molecule has 0 unspecified atom stereocenters. The summed E-state index contributed by atoms with van der Waals surface area (Å²) in [7, 11) is 1.58. The zero-order valence-electron chi connectivity index (χ0n) is 9.84. The van der Waals surface area contributed by atoms with Gasteiger partial charge in [0.25, 0.3) is 0 Å². The minimum Gasteiger partial charge on any atom is -0.385 e. The number of alkyl halides is 3. The van der Waals surface area contributed by atoms with Crippen molar-refractivity contribution in [2.24, 2.45) is 0 Å². The number of nitrogens with one attached hydrogen (secondary N) is 1. The highest BCUT2D eigenvalue weighted by molar-refractivity contribution is 5.28. The number of methoxy groups -OCH3 is 1. The molecule has 0 aliphatic carbocycles. The van der Waals surface area contributed by atoms with Gasteiger partial charge in [0, 0.05) is 26.5 Å². The third-order valence-electron chi connectivity index (χ3n) is 2.05. The van der Waals surface area contributed by atoms with Crippen molar-refractivity contribution >= 4 is 5.95 Å². The summed E-state index contributed by atoms with van der Waals surface area (Å²) >= 11 is 0. The molecule has 0 atom stereocenters. The van der Waals surface area contributed by atoms with Crippen molar-refractivity contribution in [2.75, 3.05) is 25.6 Å². The molecule has 0 aromatic carbocycles. The van der Waals surface area contributed by atoms with E-state index in [0.717, 1.165) is 4.57 Å². The van der Waals surface area contributed by atoms with Gasteiger partial charge in [-0.05, 0) is 13.3 Å². The Balaban J connectivity index is 2.58. The molecular formula is C10H16F3N3O. The van der Waals surface area contributed by atoms with Crippen molar-refractivity contribution in [3.63, 3.8) is 0 Å². The largest absolute Gasteiger partial charge is 0.406 e. The number of imidazole rings is 1. The van der Waals surface area contributed by atoms with Crippen LogP contribution in [0.5, 0.6) is 0 Å². The molecule has 1 rings (SSSR count). The summed E-state index contributed by atoms with van der Waals surface area (Å²) in [5.74, 6) is 0.246. The number of hydrogen-bond donors (Lipinski definition) is 1. The number of halogens is 3. The Morgan fingerprint density at radius 2 is 2.18 bits per heavy atom. The Labute approximate surface area is 97.8 Å². The third-order valence-corrected chi connectivity index (χ3v) is 2.05. The number of ether oxygens (including phenoxy) is 1. The van der Waals surface area contributed by atoms with Gasteiger partial charge >= 0.3 is 6.18 Å². The van der Waals surface area contributed by atoms with Crippen LogP contribution in [0.2, 0.25) is 0 Å². The summed E-state index contributed by atoms with van der Waals surface area (Å²) in [5.41, 5.74) is 0.559. The van der Waals surface area contributed by atoms with E-state index in [1.165, 1.54) is 6.20 Å². The molecule has 1 N–H and O–H groups in total. The minimum absolute atomic E-state index is 0.246. The first-order valence-corrected chi connectivity index (χ1v) is 5.25. The van der Waals surface area contributed by atoms with Crippen LogP contribution in [0.1, 0.15) is 12.1 Å². The van der Waals surface area contributed by atoms with E-state index < -0.39 is 12.7 Å². The zero-order valence-corrected chi connectivity index (χ0v) is 9.84. The Kier molecular flexibility index (Phi) is 4.80. The molecule has 1 aromatic rings. The number of aryl methyl sites for hydroxylation is 1. The standard InChI is InChI=1S/C10H16F3N3O/c1-8-6-16(7-10(11,12)13)9(15-8)14-4-3-5-17-2/h6H,3-5,7H2,1-2H3,(H,14,15). The van der Waals surface area contributed by atoms with Crippen LogP contribution < -0.4 is 5.32 Å². The highest BCUT2D eigenvalue weighted by Gasteiger charge is 2.29. The lowest BCUT2D eigenvalue weighted by Crippen LogP contribution is -2.19.